The minimum atomic E-state index is -0.188. The van der Waals surface area contributed by atoms with Crippen molar-refractivity contribution in [2.75, 3.05) is 18.9 Å². The molecule has 0 saturated heterocycles. The van der Waals surface area contributed by atoms with Gasteiger partial charge in [-0.05, 0) is 51.3 Å². The van der Waals surface area contributed by atoms with Crippen LogP contribution in [0.3, 0.4) is 0 Å². The molecule has 1 rings (SSSR count). The maximum absolute atomic E-state index is 6.05. The molecule has 20 heavy (non-hydrogen) atoms. The number of anilines is 1. The molecule has 1 aromatic rings. The second kappa shape index (κ2) is 8.22. The summed E-state index contributed by atoms with van der Waals surface area (Å²) in [5.74, 6) is 0. The third-order valence-corrected chi connectivity index (χ3v) is 3.92. The molecule has 1 heterocycles. The van der Waals surface area contributed by atoms with E-state index in [4.69, 9.17) is 10.5 Å². The summed E-state index contributed by atoms with van der Waals surface area (Å²) in [5, 5.41) is 3.61. The van der Waals surface area contributed by atoms with Crippen LogP contribution in [0, 0.1) is 0 Å². The van der Waals surface area contributed by atoms with Gasteiger partial charge in [0, 0.05) is 30.7 Å². The lowest BCUT2D eigenvalue weighted by atomic mass is 9.88. The van der Waals surface area contributed by atoms with Crippen LogP contribution in [0.5, 0.6) is 0 Å². The first-order valence-electron chi connectivity index (χ1n) is 7.63. The van der Waals surface area contributed by atoms with Crippen LogP contribution in [0.2, 0.25) is 0 Å². The van der Waals surface area contributed by atoms with Crippen LogP contribution in [0.15, 0.2) is 18.5 Å². The van der Waals surface area contributed by atoms with Crippen LogP contribution >= 0.6 is 0 Å². The summed E-state index contributed by atoms with van der Waals surface area (Å²) in [5.41, 5.74) is 7.75. The quantitative estimate of drug-likeness (QED) is 0.729. The molecule has 4 nitrogen and oxygen atoms in total. The van der Waals surface area contributed by atoms with Crippen LogP contribution in [0.4, 0.5) is 5.69 Å². The largest absolute Gasteiger partial charge is 0.398 e. The van der Waals surface area contributed by atoms with Gasteiger partial charge in [-0.15, -0.1) is 0 Å². The summed E-state index contributed by atoms with van der Waals surface area (Å²) in [4.78, 5) is 4.18. The second-order valence-electron chi connectivity index (χ2n) is 5.38. The number of aromatic nitrogens is 1. The Morgan fingerprint density at radius 3 is 2.70 bits per heavy atom. The number of nitrogen functional groups attached to an aromatic ring is 1. The van der Waals surface area contributed by atoms with E-state index in [-0.39, 0.29) is 11.6 Å². The monoisotopic (exact) mass is 279 g/mol. The van der Waals surface area contributed by atoms with Gasteiger partial charge in [-0.2, -0.15) is 0 Å². The van der Waals surface area contributed by atoms with Gasteiger partial charge in [-0.3, -0.25) is 4.98 Å². The Hall–Kier alpha value is -1.13. The first-order chi connectivity index (χ1) is 9.57. The van der Waals surface area contributed by atoms with E-state index in [2.05, 4.69) is 31.1 Å². The SMILES string of the molecule is CCCNC(Cc1cnccc1N)C(C)(CC)OCC. The van der Waals surface area contributed by atoms with E-state index in [0.29, 0.717) is 0 Å². The lowest BCUT2D eigenvalue weighted by Gasteiger charge is -2.37. The van der Waals surface area contributed by atoms with Crippen LogP contribution in [-0.4, -0.2) is 29.8 Å². The van der Waals surface area contributed by atoms with Gasteiger partial charge in [0.25, 0.3) is 0 Å². The minimum absolute atomic E-state index is 0.188. The zero-order valence-corrected chi connectivity index (χ0v) is 13.3. The molecule has 114 valence electrons. The van der Waals surface area contributed by atoms with Crippen molar-refractivity contribution in [1.29, 1.82) is 0 Å². The Morgan fingerprint density at radius 2 is 2.15 bits per heavy atom. The van der Waals surface area contributed by atoms with Gasteiger partial charge in [-0.1, -0.05) is 13.8 Å². The Morgan fingerprint density at radius 1 is 1.40 bits per heavy atom. The molecule has 1 aromatic heterocycles. The summed E-state index contributed by atoms with van der Waals surface area (Å²) in [7, 11) is 0. The highest BCUT2D eigenvalue weighted by Crippen LogP contribution is 2.24. The van der Waals surface area contributed by atoms with E-state index in [9.17, 15) is 0 Å². The molecule has 4 heteroatoms. The number of hydrogen-bond donors (Lipinski definition) is 2. The first kappa shape index (κ1) is 16.9. The highest BCUT2D eigenvalue weighted by Gasteiger charge is 2.33. The predicted octanol–water partition coefficient (Wildman–Crippen LogP) is 2.78. The summed E-state index contributed by atoms with van der Waals surface area (Å²) in [6.45, 7) is 10.3. The van der Waals surface area contributed by atoms with Gasteiger partial charge >= 0.3 is 0 Å². The van der Waals surface area contributed by atoms with E-state index in [0.717, 1.165) is 43.7 Å². The topological polar surface area (TPSA) is 60.2 Å². The van der Waals surface area contributed by atoms with E-state index >= 15 is 0 Å². The normalized spacial score (nSPS) is 15.8. The van der Waals surface area contributed by atoms with Crippen LogP contribution in [0.25, 0.3) is 0 Å². The lowest BCUT2D eigenvalue weighted by molar-refractivity contribution is -0.0549. The minimum Gasteiger partial charge on any atom is -0.398 e. The van der Waals surface area contributed by atoms with Crippen molar-refractivity contribution in [3.8, 4) is 0 Å². The predicted molar refractivity (Wildman–Crippen MR) is 84.8 cm³/mol. The number of nitrogens with two attached hydrogens (primary N) is 1. The van der Waals surface area contributed by atoms with Crippen molar-refractivity contribution in [2.45, 2.75) is 58.6 Å². The fourth-order valence-corrected chi connectivity index (χ4v) is 2.43. The van der Waals surface area contributed by atoms with Crippen molar-refractivity contribution in [3.05, 3.63) is 24.0 Å². The molecule has 0 amide bonds. The first-order valence-corrected chi connectivity index (χ1v) is 7.63. The number of hydrogen-bond acceptors (Lipinski definition) is 4. The molecule has 2 atom stereocenters. The van der Waals surface area contributed by atoms with Crippen molar-refractivity contribution in [3.63, 3.8) is 0 Å². The molecule has 0 bridgehead atoms. The molecular weight excluding hydrogens is 250 g/mol. The molecule has 0 saturated carbocycles. The van der Waals surface area contributed by atoms with E-state index in [1.54, 1.807) is 6.20 Å². The van der Waals surface area contributed by atoms with E-state index in [1.807, 2.05) is 19.2 Å². The van der Waals surface area contributed by atoms with Crippen LogP contribution in [0.1, 0.15) is 46.1 Å². The van der Waals surface area contributed by atoms with Crippen molar-refractivity contribution >= 4 is 5.69 Å². The molecule has 2 unspecified atom stereocenters. The van der Waals surface area contributed by atoms with Crippen molar-refractivity contribution in [1.82, 2.24) is 10.3 Å². The van der Waals surface area contributed by atoms with Crippen molar-refractivity contribution in [2.24, 2.45) is 0 Å². The van der Waals surface area contributed by atoms with Gasteiger partial charge in [-0.25, -0.2) is 0 Å². The van der Waals surface area contributed by atoms with E-state index in [1.165, 1.54) is 0 Å². The zero-order valence-electron chi connectivity index (χ0n) is 13.3. The van der Waals surface area contributed by atoms with Crippen LogP contribution in [-0.2, 0) is 11.2 Å². The average Bonchev–Trinajstić information content (AvgIpc) is 2.45. The Kier molecular flexibility index (Phi) is 6.96. The zero-order chi connectivity index (χ0) is 15.0. The molecular formula is C16H29N3O. The number of nitrogens with one attached hydrogen (secondary N) is 1. The Bertz CT molecular complexity index is 397. The van der Waals surface area contributed by atoms with Gasteiger partial charge in [0.15, 0.2) is 0 Å². The summed E-state index contributed by atoms with van der Waals surface area (Å²) in [6, 6.07) is 2.09. The highest BCUT2D eigenvalue weighted by molar-refractivity contribution is 5.44. The number of nitrogens with zero attached hydrogens (tertiary/aromatic N) is 1. The fourth-order valence-electron chi connectivity index (χ4n) is 2.43. The fraction of sp³-hybridized carbons (Fsp3) is 0.688. The maximum Gasteiger partial charge on any atom is 0.0807 e. The molecule has 0 fully saturated rings. The van der Waals surface area contributed by atoms with Crippen molar-refractivity contribution < 1.29 is 4.74 Å². The molecule has 0 aliphatic carbocycles. The molecule has 0 aliphatic rings. The molecule has 0 aliphatic heterocycles. The van der Waals surface area contributed by atoms with Gasteiger partial charge < -0.3 is 15.8 Å². The standard InChI is InChI=1S/C16H29N3O/c1-5-9-19-15(16(4,6-2)20-7-3)11-13-12-18-10-8-14(13)17/h8,10,12,15,19H,5-7,9,11H2,1-4H3,(H2,17,18). The van der Waals surface area contributed by atoms with Gasteiger partial charge in [0.2, 0.25) is 0 Å². The number of pyridine rings is 1. The molecule has 3 N–H and O–H groups in total. The summed E-state index contributed by atoms with van der Waals surface area (Å²) >= 11 is 0. The van der Waals surface area contributed by atoms with Gasteiger partial charge in [0.05, 0.1) is 5.60 Å². The lowest BCUT2D eigenvalue weighted by Crippen LogP contribution is -2.52. The average molecular weight is 279 g/mol. The van der Waals surface area contributed by atoms with Crippen LogP contribution < -0.4 is 11.1 Å². The molecule has 0 radical (unpaired) electrons. The Labute approximate surface area is 123 Å². The number of ether oxygens (including phenoxy) is 1. The molecule has 0 aromatic carbocycles. The molecule has 0 spiro atoms. The second-order valence-corrected chi connectivity index (χ2v) is 5.38. The third-order valence-electron chi connectivity index (χ3n) is 3.92. The summed E-state index contributed by atoms with van der Waals surface area (Å²) in [6.07, 6.45) is 6.49. The highest BCUT2D eigenvalue weighted by atomic mass is 16.5. The number of rotatable bonds is 9. The smallest absolute Gasteiger partial charge is 0.0807 e. The Balaban J connectivity index is 2.91. The maximum atomic E-state index is 6.05. The third kappa shape index (κ3) is 4.46. The van der Waals surface area contributed by atoms with Gasteiger partial charge in [0.1, 0.15) is 0 Å². The summed E-state index contributed by atoms with van der Waals surface area (Å²) < 4.78 is 6.03. The van der Waals surface area contributed by atoms with E-state index < -0.39 is 0 Å².